The molecule has 2 aromatic heterocycles. The Morgan fingerprint density at radius 2 is 1.97 bits per heavy atom. The van der Waals surface area contributed by atoms with Crippen molar-refractivity contribution in [3.05, 3.63) is 64.5 Å². The average molecular weight is 465 g/mol. The van der Waals surface area contributed by atoms with Crippen LogP contribution in [0.2, 0.25) is 0 Å². The Labute approximate surface area is 194 Å². The van der Waals surface area contributed by atoms with Gasteiger partial charge >= 0.3 is 0 Å². The molecule has 1 N–H and O–H groups in total. The first kappa shape index (κ1) is 20.7. The van der Waals surface area contributed by atoms with E-state index in [4.69, 9.17) is 4.98 Å². The smallest absolute Gasteiger partial charge is 0.257 e. The molecule has 0 saturated carbocycles. The normalized spacial score (nSPS) is 15.7. The van der Waals surface area contributed by atoms with Gasteiger partial charge in [-0.05, 0) is 60.8 Å². The maximum atomic E-state index is 13.3. The highest BCUT2D eigenvalue weighted by atomic mass is 32.2. The summed E-state index contributed by atoms with van der Waals surface area (Å²) in [6, 6.07) is 16.1. The van der Waals surface area contributed by atoms with E-state index in [1.54, 1.807) is 34.4 Å². The van der Waals surface area contributed by atoms with E-state index in [0.717, 1.165) is 50.1 Å². The molecule has 2 heterocycles. The molecule has 0 saturated heterocycles. The van der Waals surface area contributed by atoms with Crippen LogP contribution in [0.5, 0.6) is 0 Å². The summed E-state index contributed by atoms with van der Waals surface area (Å²) in [5.74, 6) is 1.58. The molecular weight excluding hydrogens is 440 g/mol. The third-order valence-corrected chi connectivity index (χ3v) is 8.86. The van der Waals surface area contributed by atoms with Crippen LogP contribution < -0.4 is 5.32 Å². The van der Waals surface area contributed by atoms with Crippen molar-refractivity contribution >= 4 is 55.6 Å². The van der Waals surface area contributed by atoms with Gasteiger partial charge in [0, 0.05) is 15.3 Å². The number of amides is 1. The maximum Gasteiger partial charge on any atom is 0.257 e. The molecule has 1 atom stereocenters. The van der Waals surface area contributed by atoms with Crippen LogP contribution in [0.3, 0.4) is 0 Å². The lowest BCUT2D eigenvalue weighted by Gasteiger charge is -2.18. The molecule has 1 unspecified atom stereocenters. The van der Waals surface area contributed by atoms with Crippen molar-refractivity contribution in [2.24, 2.45) is 5.92 Å². The molecule has 0 bridgehead atoms. The van der Waals surface area contributed by atoms with Crippen LogP contribution in [0.15, 0.2) is 53.4 Å². The number of fused-ring (bicyclic) bond motifs is 2. The van der Waals surface area contributed by atoms with E-state index in [-0.39, 0.29) is 5.91 Å². The molecule has 0 aliphatic heterocycles. The molecule has 158 valence electrons. The largest absolute Gasteiger partial charge is 0.313 e. The highest BCUT2D eigenvalue weighted by molar-refractivity contribution is 7.99. The number of carbonyl (C=O) groups excluding carboxylic acids is 1. The molecular formula is C25H24N2OS3. The quantitative estimate of drug-likeness (QED) is 0.311. The van der Waals surface area contributed by atoms with Crippen molar-refractivity contribution in [2.75, 3.05) is 11.1 Å². The first-order valence-corrected chi connectivity index (χ1v) is 13.3. The van der Waals surface area contributed by atoms with Gasteiger partial charge in [0.1, 0.15) is 10.0 Å². The number of nitrogens with one attached hydrogen (secondary N) is 1. The third-order valence-electron chi connectivity index (χ3n) is 5.68. The molecule has 31 heavy (non-hydrogen) atoms. The Balaban J connectivity index is 1.58. The Morgan fingerprint density at radius 3 is 2.81 bits per heavy atom. The van der Waals surface area contributed by atoms with Crippen LogP contribution in [-0.2, 0) is 12.8 Å². The fraction of sp³-hybridized carbons (Fsp3) is 0.280. The third kappa shape index (κ3) is 4.04. The predicted octanol–water partition coefficient (Wildman–Crippen LogP) is 7.51. The minimum absolute atomic E-state index is 0.0365. The summed E-state index contributed by atoms with van der Waals surface area (Å²) in [6.07, 6.45) is 3.32. The molecule has 0 radical (unpaired) electrons. The van der Waals surface area contributed by atoms with E-state index < -0.39 is 0 Å². The molecule has 6 heteroatoms. The van der Waals surface area contributed by atoms with E-state index in [1.165, 1.54) is 21.6 Å². The van der Waals surface area contributed by atoms with Gasteiger partial charge in [-0.2, -0.15) is 0 Å². The zero-order valence-corrected chi connectivity index (χ0v) is 20.1. The highest BCUT2D eigenvalue weighted by Gasteiger charge is 2.27. The summed E-state index contributed by atoms with van der Waals surface area (Å²) in [5.41, 5.74) is 4.29. The first-order valence-electron chi connectivity index (χ1n) is 10.7. The number of carbonyl (C=O) groups is 1. The minimum Gasteiger partial charge on any atom is -0.313 e. The summed E-state index contributed by atoms with van der Waals surface area (Å²) in [6.45, 7) is 4.43. The number of thioether (sulfide) groups is 1. The zero-order chi connectivity index (χ0) is 21.4. The summed E-state index contributed by atoms with van der Waals surface area (Å²) >= 11 is 5.16. The predicted molar refractivity (Wildman–Crippen MR) is 135 cm³/mol. The molecule has 1 aliphatic carbocycles. The van der Waals surface area contributed by atoms with Gasteiger partial charge in [-0.3, -0.25) is 4.79 Å². The van der Waals surface area contributed by atoms with Crippen molar-refractivity contribution in [2.45, 2.75) is 38.0 Å². The molecule has 0 fully saturated rings. The second kappa shape index (κ2) is 8.77. The van der Waals surface area contributed by atoms with Crippen LogP contribution in [0.1, 0.15) is 41.1 Å². The van der Waals surface area contributed by atoms with Crippen LogP contribution in [0, 0.1) is 5.92 Å². The van der Waals surface area contributed by atoms with Crippen molar-refractivity contribution in [3.8, 4) is 10.6 Å². The van der Waals surface area contributed by atoms with Crippen LogP contribution >= 0.6 is 34.4 Å². The number of para-hydroxylation sites is 1. The first-order chi connectivity index (χ1) is 15.1. The Morgan fingerprint density at radius 1 is 1.16 bits per heavy atom. The zero-order valence-electron chi connectivity index (χ0n) is 17.6. The van der Waals surface area contributed by atoms with Gasteiger partial charge in [0.15, 0.2) is 0 Å². The van der Waals surface area contributed by atoms with E-state index in [0.29, 0.717) is 5.92 Å². The minimum atomic E-state index is -0.0365. The Bertz CT molecular complexity index is 1220. The molecule has 4 aromatic rings. The topological polar surface area (TPSA) is 42.0 Å². The number of aromatic nitrogens is 1. The highest BCUT2D eigenvalue weighted by Crippen LogP contribution is 2.47. The number of benzene rings is 2. The Kier molecular flexibility index (Phi) is 5.87. The van der Waals surface area contributed by atoms with Gasteiger partial charge in [0.05, 0.1) is 15.8 Å². The van der Waals surface area contributed by atoms with E-state index in [1.807, 2.05) is 30.3 Å². The van der Waals surface area contributed by atoms with Gasteiger partial charge < -0.3 is 5.32 Å². The fourth-order valence-electron chi connectivity index (χ4n) is 4.15. The summed E-state index contributed by atoms with van der Waals surface area (Å²) < 4.78 is 1.18. The van der Waals surface area contributed by atoms with Gasteiger partial charge in [0.2, 0.25) is 0 Å². The van der Waals surface area contributed by atoms with Crippen LogP contribution in [0.25, 0.3) is 20.8 Å². The number of thiazole rings is 1. The van der Waals surface area contributed by atoms with Crippen molar-refractivity contribution in [3.63, 3.8) is 0 Å². The van der Waals surface area contributed by atoms with Gasteiger partial charge in [-0.1, -0.05) is 38.1 Å². The number of rotatable bonds is 5. The lowest BCUT2D eigenvalue weighted by molar-refractivity contribution is 0.102. The number of nitrogens with zero attached hydrogens (tertiary/aromatic N) is 1. The van der Waals surface area contributed by atoms with Crippen molar-refractivity contribution < 1.29 is 4.79 Å². The monoisotopic (exact) mass is 464 g/mol. The van der Waals surface area contributed by atoms with Gasteiger partial charge in [0.25, 0.3) is 5.91 Å². The molecule has 2 aromatic carbocycles. The van der Waals surface area contributed by atoms with Crippen LogP contribution in [0.4, 0.5) is 5.00 Å². The molecule has 1 amide bonds. The number of hydrogen-bond donors (Lipinski definition) is 1. The lowest BCUT2D eigenvalue weighted by Crippen LogP contribution is -2.13. The Hall–Kier alpha value is -2.15. The number of anilines is 1. The number of thiophene rings is 1. The molecule has 0 spiro atoms. The van der Waals surface area contributed by atoms with Gasteiger partial charge in [-0.15, -0.1) is 34.4 Å². The van der Waals surface area contributed by atoms with E-state index in [2.05, 4.69) is 37.4 Å². The SMILES string of the molecule is CCSc1ccccc1C(=O)Nc1sc2c(c1-c1nc3ccccc3s1)CCC(C)C2. The molecule has 3 nitrogen and oxygen atoms in total. The summed E-state index contributed by atoms with van der Waals surface area (Å²) in [7, 11) is 0. The van der Waals surface area contributed by atoms with Crippen LogP contribution in [-0.4, -0.2) is 16.6 Å². The van der Waals surface area contributed by atoms with Gasteiger partial charge in [-0.25, -0.2) is 4.98 Å². The van der Waals surface area contributed by atoms with Crippen molar-refractivity contribution in [1.29, 1.82) is 0 Å². The summed E-state index contributed by atoms with van der Waals surface area (Å²) in [4.78, 5) is 20.7. The fourth-order valence-corrected chi connectivity index (χ4v) is 7.47. The van der Waals surface area contributed by atoms with E-state index in [9.17, 15) is 4.79 Å². The van der Waals surface area contributed by atoms with E-state index >= 15 is 0 Å². The lowest BCUT2D eigenvalue weighted by atomic mass is 9.88. The molecule has 1 aliphatic rings. The second-order valence-electron chi connectivity index (χ2n) is 7.93. The average Bonchev–Trinajstić information content (AvgIpc) is 3.34. The van der Waals surface area contributed by atoms with Crippen molar-refractivity contribution in [1.82, 2.24) is 4.98 Å². The molecule has 5 rings (SSSR count). The maximum absolute atomic E-state index is 13.3. The summed E-state index contributed by atoms with van der Waals surface area (Å²) in [5, 5.41) is 5.23. The second-order valence-corrected chi connectivity index (χ2v) is 11.4. The number of hydrogen-bond acceptors (Lipinski definition) is 5. The standard InChI is InChI=1S/C25H24N2OS3/c1-3-29-19-10-6-4-8-17(19)23(28)27-25-22(16-13-12-15(2)14-21(16)31-25)24-26-18-9-5-7-11-20(18)30-24/h4-11,15H,3,12-14H2,1-2H3,(H,27,28).